The number of para-hydroxylation sites is 1. The van der Waals surface area contributed by atoms with Crippen molar-refractivity contribution in [3.05, 3.63) is 84.8 Å². The van der Waals surface area contributed by atoms with Crippen molar-refractivity contribution in [3.63, 3.8) is 0 Å². The van der Waals surface area contributed by atoms with E-state index in [1.807, 2.05) is 36.4 Å². The number of hydrogen-bond acceptors (Lipinski definition) is 5. The van der Waals surface area contributed by atoms with Gasteiger partial charge in [-0.15, -0.1) is 18.3 Å². The Kier molecular flexibility index (Phi) is 5.34. The largest absolute Gasteiger partial charge is 0.573 e. The van der Waals surface area contributed by atoms with Gasteiger partial charge in [-0.2, -0.15) is 0 Å². The monoisotopic (exact) mass is 411 g/mol. The average Bonchev–Trinajstić information content (AvgIpc) is 3.23. The number of benzene rings is 2. The van der Waals surface area contributed by atoms with Crippen LogP contribution in [0, 0.1) is 0 Å². The van der Waals surface area contributed by atoms with E-state index in [0.717, 1.165) is 16.8 Å². The molecule has 0 saturated carbocycles. The van der Waals surface area contributed by atoms with Gasteiger partial charge in [0.2, 0.25) is 0 Å². The van der Waals surface area contributed by atoms with Crippen LogP contribution in [0.4, 0.5) is 18.9 Å². The van der Waals surface area contributed by atoms with Crippen LogP contribution in [-0.4, -0.2) is 26.3 Å². The molecule has 152 valence electrons. The van der Waals surface area contributed by atoms with E-state index in [0.29, 0.717) is 17.9 Å². The van der Waals surface area contributed by atoms with Crippen LogP contribution in [0.25, 0.3) is 16.9 Å². The van der Waals surface area contributed by atoms with Crippen molar-refractivity contribution >= 4 is 5.69 Å². The molecular formula is C21H16F3N5O. The lowest BCUT2D eigenvalue weighted by atomic mass is 10.1. The van der Waals surface area contributed by atoms with E-state index in [1.165, 1.54) is 28.9 Å². The highest BCUT2D eigenvalue weighted by Crippen LogP contribution is 2.28. The predicted octanol–water partition coefficient (Wildman–Crippen LogP) is 4.84. The van der Waals surface area contributed by atoms with Gasteiger partial charge in [0.15, 0.2) is 0 Å². The van der Waals surface area contributed by atoms with Gasteiger partial charge < -0.3 is 10.1 Å². The minimum absolute atomic E-state index is 0.294. The van der Waals surface area contributed by atoms with Crippen molar-refractivity contribution in [2.75, 3.05) is 5.32 Å². The molecular weight excluding hydrogens is 395 g/mol. The Morgan fingerprint density at radius 1 is 0.933 bits per heavy atom. The number of anilines is 1. The maximum absolute atomic E-state index is 12.3. The molecule has 9 heteroatoms. The minimum atomic E-state index is -4.73. The zero-order chi connectivity index (χ0) is 21.0. The lowest BCUT2D eigenvalue weighted by Crippen LogP contribution is -2.17. The molecule has 2 aromatic heterocycles. The van der Waals surface area contributed by atoms with Gasteiger partial charge in [-0.25, -0.2) is 4.68 Å². The van der Waals surface area contributed by atoms with Crippen LogP contribution in [-0.2, 0) is 6.54 Å². The third kappa shape index (κ3) is 4.75. The van der Waals surface area contributed by atoms with Gasteiger partial charge in [0, 0.05) is 30.2 Å². The molecule has 0 unspecified atom stereocenters. The van der Waals surface area contributed by atoms with Gasteiger partial charge in [0.05, 0.1) is 11.9 Å². The second-order valence-corrected chi connectivity index (χ2v) is 6.34. The Labute approximate surface area is 170 Å². The van der Waals surface area contributed by atoms with Crippen LogP contribution in [0.1, 0.15) is 5.56 Å². The average molecular weight is 411 g/mol. The number of nitrogens with one attached hydrogen (secondary N) is 1. The number of ether oxygens (including phenoxy) is 1. The number of aromatic nitrogens is 4. The predicted molar refractivity (Wildman–Crippen MR) is 105 cm³/mol. The molecule has 2 aromatic carbocycles. The van der Waals surface area contributed by atoms with Crippen molar-refractivity contribution in [2.24, 2.45) is 0 Å². The molecule has 2 heterocycles. The summed E-state index contributed by atoms with van der Waals surface area (Å²) in [6.45, 7) is 0.619. The van der Waals surface area contributed by atoms with Crippen molar-refractivity contribution in [3.8, 4) is 22.7 Å². The maximum atomic E-state index is 12.3. The van der Waals surface area contributed by atoms with Crippen LogP contribution >= 0.6 is 0 Å². The molecule has 0 aliphatic rings. The third-order valence-electron chi connectivity index (χ3n) is 4.26. The number of alkyl halides is 3. The van der Waals surface area contributed by atoms with E-state index in [9.17, 15) is 13.2 Å². The minimum Gasteiger partial charge on any atom is -0.406 e. The van der Waals surface area contributed by atoms with Crippen molar-refractivity contribution in [1.82, 2.24) is 20.0 Å². The maximum Gasteiger partial charge on any atom is 0.573 e. The Balaban J connectivity index is 1.53. The summed E-state index contributed by atoms with van der Waals surface area (Å²) in [7, 11) is 0. The smallest absolute Gasteiger partial charge is 0.406 e. The molecule has 4 aromatic rings. The Hall–Kier alpha value is -3.88. The summed E-state index contributed by atoms with van der Waals surface area (Å²) in [5.41, 5.74) is 4.02. The normalized spacial score (nSPS) is 11.3. The number of hydrogen-bond donors (Lipinski definition) is 1. The van der Waals surface area contributed by atoms with E-state index < -0.39 is 6.36 Å². The highest BCUT2D eigenvalue weighted by molar-refractivity contribution is 5.75. The van der Waals surface area contributed by atoms with Crippen LogP contribution < -0.4 is 10.1 Å². The van der Waals surface area contributed by atoms with Gasteiger partial charge in [-0.3, -0.25) is 4.98 Å². The molecule has 30 heavy (non-hydrogen) atoms. The van der Waals surface area contributed by atoms with E-state index in [1.54, 1.807) is 18.6 Å². The zero-order valence-electron chi connectivity index (χ0n) is 15.5. The molecule has 0 bridgehead atoms. The first kappa shape index (κ1) is 19.4. The molecule has 0 amide bonds. The fourth-order valence-electron chi connectivity index (χ4n) is 2.87. The molecule has 0 radical (unpaired) electrons. The fourth-order valence-corrected chi connectivity index (χ4v) is 2.87. The molecule has 0 atom stereocenters. The first-order chi connectivity index (χ1) is 14.5. The number of nitrogens with zero attached hydrogens (tertiary/aromatic N) is 4. The first-order valence-corrected chi connectivity index (χ1v) is 8.99. The molecule has 0 aliphatic heterocycles. The SMILES string of the molecule is FC(F)(F)Oc1ccc(-n2cc(-c3ccccc3NCc3ccncc3)nn2)cc1. The van der Waals surface area contributed by atoms with Crippen LogP contribution in [0.5, 0.6) is 5.75 Å². The molecule has 0 saturated heterocycles. The van der Waals surface area contributed by atoms with Gasteiger partial charge in [0.1, 0.15) is 11.4 Å². The summed E-state index contributed by atoms with van der Waals surface area (Å²) in [6, 6.07) is 17.0. The van der Waals surface area contributed by atoms with Crippen LogP contribution in [0.15, 0.2) is 79.3 Å². The quantitative estimate of drug-likeness (QED) is 0.492. The number of pyridine rings is 1. The second kappa shape index (κ2) is 8.24. The van der Waals surface area contributed by atoms with Crippen molar-refractivity contribution in [1.29, 1.82) is 0 Å². The van der Waals surface area contributed by atoms with Crippen molar-refractivity contribution < 1.29 is 17.9 Å². The highest BCUT2D eigenvalue weighted by atomic mass is 19.4. The molecule has 1 N–H and O–H groups in total. The number of halogens is 3. The summed E-state index contributed by atoms with van der Waals surface area (Å²) in [4.78, 5) is 4.01. The Morgan fingerprint density at radius 2 is 1.67 bits per heavy atom. The topological polar surface area (TPSA) is 64.9 Å². The summed E-state index contributed by atoms with van der Waals surface area (Å²) < 4.78 is 42.3. The molecule has 0 aliphatic carbocycles. The van der Waals surface area contributed by atoms with Gasteiger partial charge >= 0.3 is 6.36 Å². The van der Waals surface area contributed by atoms with E-state index >= 15 is 0 Å². The zero-order valence-corrected chi connectivity index (χ0v) is 15.5. The van der Waals surface area contributed by atoms with E-state index in [2.05, 4.69) is 25.3 Å². The summed E-state index contributed by atoms with van der Waals surface area (Å²) >= 11 is 0. The van der Waals surface area contributed by atoms with Crippen molar-refractivity contribution in [2.45, 2.75) is 12.9 Å². The van der Waals surface area contributed by atoms with E-state index in [-0.39, 0.29) is 5.75 Å². The molecule has 0 fully saturated rings. The van der Waals surface area contributed by atoms with Crippen LogP contribution in [0.2, 0.25) is 0 Å². The fraction of sp³-hybridized carbons (Fsp3) is 0.0952. The van der Waals surface area contributed by atoms with E-state index in [4.69, 9.17) is 0 Å². The molecule has 6 nitrogen and oxygen atoms in total. The van der Waals surface area contributed by atoms with Crippen LogP contribution in [0.3, 0.4) is 0 Å². The lowest BCUT2D eigenvalue weighted by molar-refractivity contribution is -0.274. The Bertz CT molecular complexity index is 1110. The van der Waals surface area contributed by atoms with Gasteiger partial charge in [-0.1, -0.05) is 23.4 Å². The number of rotatable bonds is 6. The highest BCUT2D eigenvalue weighted by Gasteiger charge is 2.31. The van der Waals surface area contributed by atoms with Gasteiger partial charge in [0.25, 0.3) is 0 Å². The standard InChI is InChI=1S/C21H16F3N5O/c22-21(23,24)30-17-7-5-16(6-8-17)29-14-20(27-28-29)18-3-1-2-4-19(18)26-13-15-9-11-25-12-10-15/h1-12,14,26H,13H2. The molecule has 0 spiro atoms. The summed E-state index contributed by atoms with van der Waals surface area (Å²) in [6.07, 6.45) is 0.459. The lowest BCUT2D eigenvalue weighted by Gasteiger charge is -2.10. The Morgan fingerprint density at radius 3 is 2.40 bits per heavy atom. The first-order valence-electron chi connectivity index (χ1n) is 8.99. The summed E-state index contributed by atoms with van der Waals surface area (Å²) in [5.74, 6) is -0.294. The second-order valence-electron chi connectivity index (χ2n) is 6.34. The molecule has 4 rings (SSSR count). The van der Waals surface area contributed by atoms with Gasteiger partial charge in [-0.05, 0) is 48.0 Å². The summed E-state index contributed by atoms with van der Waals surface area (Å²) in [5, 5.41) is 11.7. The third-order valence-corrected chi connectivity index (χ3v) is 4.26.